The van der Waals surface area contributed by atoms with Crippen molar-refractivity contribution in [2.24, 2.45) is 5.73 Å². The molecule has 1 atom stereocenters. The molecule has 112 valence electrons. The molecule has 2 aromatic rings. The van der Waals surface area contributed by atoms with E-state index in [1.165, 1.54) is 42.5 Å². The van der Waals surface area contributed by atoms with E-state index in [4.69, 9.17) is 10.8 Å². The van der Waals surface area contributed by atoms with Crippen LogP contribution in [0.15, 0.2) is 54.6 Å². The van der Waals surface area contributed by atoms with Crippen LogP contribution < -0.4 is 5.73 Å². The third-order valence-electron chi connectivity index (χ3n) is 3.13. The number of hydrogen-bond acceptors (Lipinski definition) is 3. The minimum absolute atomic E-state index is 0.130. The first kappa shape index (κ1) is 15.6. The maximum absolute atomic E-state index is 12.8. The van der Waals surface area contributed by atoms with E-state index < -0.39 is 12.0 Å². The number of aromatic carboxylic acids is 1. The van der Waals surface area contributed by atoms with E-state index in [-0.39, 0.29) is 17.2 Å². The van der Waals surface area contributed by atoms with Gasteiger partial charge in [-0.2, -0.15) is 0 Å². The summed E-state index contributed by atoms with van der Waals surface area (Å²) in [4.78, 5) is 22.8. The topological polar surface area (TPSA) is 80.4 Å². The Hall–Kier alpha value is -2.79. The van der Waals surface area contributed by atoms with E-state index in [0.29, 0.717) is 11.1 Å². The van der Waals surface area contributed by atoms with Gasteiger partial charge in [0, 0.05) is 0 Å². The number of benzene rings is 2. The highest BCUT2D eigenvalue weighted by molar-refractivity contribution is 5.98. The normalized spacial score (nSPS) is 12.3. The molecule has 0 spiro atoms. The molecule has 2 aromatic carbocycles. The van der Waals surface area contributed by atoms with Gasteiger partial charge in [-0.15, -0.1) is 0 Å². The van der Waals surface area contributed by atoms with E-state index in [9.17, 15) is 14.0 Å². The van der Waals surface area contributed by atoms with Gasteiger partial charge in [0.25, 0.3) is 0 Å². The minimum atomic E-state index is -1.04. The summed E-state index contributed by atoms with van der Waals surface area (Å²) in [6, 6.07) is 10.6. The highest BCUT2D eigenvalue weighted by atomic mass is 19.1. The van der Waals surface area contributed by atoms with Gasteiger partial charge in [0.1, 0.15) is 5.82 Å². The second-order valence-electron chi connectivity index (χ2n) is 4.69. The van der Waals surface area contributed by atoms with Crippen molar-refractivity contribution in [2.75, 3.05) is 0 Å². The SMILES string of the molecule is NC(C(=O)/C=C/c1ccc(F)cc1)c1ccc(C(=O)O)cc1. The molecule has 0 aromatic heterocycles. The summed E-state index contributed by atoms with van der Waals surface area (Å²) in [5.41, 5.74) is 7.18. The number of ketones is 1. The van der Waals surface area contributed by atoms with Gasteiger partial charge in [0.05, 0.1) is 11.6 Å². The number of carbonyl (C=O) groups excluding carboxylic acids is 1. The maximum atomic E-state index is 12.8. The van der Waals surface area contributed by atoms with Gasteiger partial charge >= 0.3 is 5.97 Å². The smallest absolute Gasteiger partial charge is 0.335 e. The first-order valence-electron chi connectivity index (χ1n) is 6.53. The fraction of sp³-hybridized carbons (Fsp3) is 0.0588. The van der Waals surface area contributed by atoms with Crippen LogP contribution in [0.4, 0.5) is 4.39 Å². The predicted molar refractivity (Wildman–Crippen MR) is 80.8 cm³/mol. The molecule has 0 radical (unpaired) electrons. The molecule has 1 unspecified atom stereocenters. The third-order valence-corrected chi connectivity index (χ3v) is 3.13. The molecule has 0 aliphatic rings. The van der Waals surface area contributed by atoms with Crippen LogP contribution in [-0.2, 0) is 4.79 Å². The van der Waals surface area contributed by atoms with Gasteiger partial charge in [0.2, 0.25) is 0 Å². The number of carboxylic acids is 1. The Balaban J connectivity index is 2.08. The minimum Gasteiger partial charge on any atom is -0.478 e. The second kappa shape index (κ2) is 6.78. The summed E-state index contributed by atoms with van der Waals surface area (Å²) in [7, 11) is 0. The van der Waals surface area contributed by atoms with Gasteiger partial charge in [-0.3, -0.25) is 4.79 Å². The van der Waals surface area contributed by atoms with Crippen LogP contribution in [0.2, 0.25) is 0 Å². The fourth-order valence-corrected chi connectivity index (χ4v) is 1.85. The molecule has 4 nitrogen and oxygen atoms in total. The van der Waals surface area contributed by atoms with Crippen LogP contribution in [0.25, 0.3) is 6.08 Å². The van der Waals surface area contributed by atoms with E-state index >= 15 is 0 Å². The lowest BCUT2D eigenvalue weighted by atomic mass is 10.0. The van der Waals surface area contributed by atoms with E-state index in [1.807, 2.05) is 0 Å². The van der Waals surface area contributed by atoms with Crippen molar-refractivity contribution in [1.29, 1.82) is 0 Å². The van der Waals surface area contributed by atoms with Crippen molar-refractivity contribution in [2.45, 2.75) is 6.04 Å². The average Bonchev–Trinajstić information content (AvgIpc) is 2.53. The highest BCUT2D eigenvalue weighted by Crippen LogP contribution is 2.14. The van der Waals surface area contributed by atoms with Crippen molar-refractivity contribution in [1.82, 2.24) is 0 Å². The van der Waals surface area contributed by atoms with Crippen LogP contribution in [-0.4, -0.2) is 16.9 Å². The van der Waals surface area contributed by atoms with Crippen LogP contribution in [0, 0.1) is 5.82 Å². The van der Waals surface area contributed by atoms with Crippen LogP contribution in [0.1, 0.15) is 27.5 Å². The molecule has 0 aliphatic carbocycles. The summed E-state index contributed by atoms with van der Waals surface area (Å²) < 4.78 is 12.8. The number of rotatable bonds is 5. The van der Waals surface area contributed by atoms with E-state index in [2.05, 4.69) is 0 Å². The Bertz CT molecular complexity index is 706. The van der Waals surface area contributed by atoms with Crippen molar-refractivity contribution in [3.8, 4) is 0 Å². The molecule has 0 amide bonds. The maximum Gasteiger partial charge on any atom is 0.335 e. The van der Waals surface area contributed by atoms with Crippen LogP contribution in [0.3, 0.4) is 0 Å². The first-order chi connectivity index (χ1) is 10.5. The fourth-order valence-electron chi connectivity index (χ4n) is 1.85. The molecule has 2 rings (SSSR count). The van der Waals surface area contributed by atoms with E-state index in [0.717, 1.165) is 0 Å². The van der Waals surface area contributed by atoms with Gasteiger partial charge in [0.15, 0.2) is 5.78 Å². The van der Waals surface area contributed by atoms with Gasteiger partial charge < -0.3 is 10.8 Å². The Kier molecular flexibility index (Phi) is 4.80. The molecule has 22 heavy (non-hydrogen) atoms. The van der Waals surface area contributed by atoms with E-state index in [1.54, 1.807) is 18.2 Å². The van der Waals surface area contributed by atoms with Crippen LogP contribution in [0.5, 0.6) is 0 Å². The number of hydrogen-bond donors (Lipinski definition) is 2. The number of carbonyl (C=O) groups is 2. The molecule has 3 N–H and O–H groups in total. The van der Waals surface area contributed by atoms with Crippen molar-refractivity contribution < 1.29 is 19.1 Å². The molecule has 0 fully saturated rings. The quantitative estimate of drug-likeness (QED) is 0.832. The summed E-state index contributed by atoms with van der Waals surface area (Å²) in [5, 5.41) is 8.82. The molecule has 0 bridgehead atoms. The zero-order chi connectivity index (χ0) is 16.1. The van der Waals surface area contributed by atoms with Crippen LogP contribution >= 0.6 is 0 Å². The Morgan fingerprint density at radius 2 is 1.64 bits per heavy atom. The number of halogens is 1. The van der Waals surface area contributed by atoms with Crippen molar-refractivity contribution in [3.05, 3.63) is 77.1 Å². The third kappa shape index (κ3) is 3.86. The summed E-state index contributed by atoms with van der Waals surface area (Å²) in [5.74, 6) is -1.71. The van der Waals surface area contributed by atoms with Gasteiger partial charge in [-0.05, 0) is 41.5 Å². The molecule has 0 heterocycles. The summed E-state index contributed by atoms with van der Waals surface area (Å²) >= 11 is 0. The Labute approximate surface area is 126 Å². The Morgan fingerprint density at radius 3 is 2.18 bits per heavy atom. The largest absolute Gasteiger partial charge is 0.478 e. The van der Waals surface area contributed by atoms with Crippen molar-refractivity contribution in [3.63, 3.8) is 0 Å². The molecule has 0 aliphatic heterocycles. The molecule has 5 heteroatoms. The average molecular weight is 299 g/mol. The van der Waals surface area contributed by atoms with Gasteiger partial charge in [-0.25, -0.2) is 9.18 Å². The monoisotopic (exact) mass is 299 g/mol. The molecular formula is C17H14FNO3. The number of carboxylic acid groups (broad SMARTS) is 1. The lowest BCUT2D eigenvalue weighted by molar-refractivity contribution is -0.115. The summed E-state index contributed by atoms with van der Waals surface area (Å²) in [6.07, 6.45) is 2.87. The predicted octanol–water partition coefficient (Wildman–Crippen LogP) is 2.81. The number of nitrogens with two attached hydrogens (primary N) is 1. The highest BCUT2D eigenvalue weighted by Gasteiger charge is 2.13. The molecule has 0 saturated carbocycles. The zero-order valence-corrected chi connectivity index (χ0v) is 11.6. The lowest BCUT2D eigenvalue weighted by Gasteiger charge is -2.08. The van der Waals surface area contributed by atoms with Crippen molar-refractivity contribution >= 4 is 17.8 Å². The zero-order valence-electron chi connectivity index (χ0n) is 11.6. The summed E-state index contributed by atoms with van der Waals surface area (Å²) in [6.45, 7) is 0. The second-order valence-corrected chi connectivity index (χ2v) is 4.69. The molecular weight excluding hydrogens is 285 g/mol. The molecule has 0 saturated heterocycles. The first-order valence-corrected chi connectivity index (χ1v) is 6.53. The lowest BCUT2D eigenvalue weighted by Crippen LogP contribution is -2.19. The van der Waals surface area contributed by atoms with Gasteiger partial charge in [-0.1, -0.05) is 30.3 Å². The Morgan fingerprint density at radius 1 is 1.05 bits per heavy atom. The standard InChI is InChI=1S/C17H14FNO3/c18-14-8-1-11(2-9-14)3-10-15(20)16(19)12-4-6-13(7-5-12)17(21)22/h1-10,16H,19H2,(H,21,22)/b10-3+.